The standard InChI is InChI=1S/C18H22BrN3O/c1-14-13-16(3-4-17(14)19)21-18(23)8-12-22(2)11-7-15-5-9-20-10-6-15/h3-6,9-10,13H,7-8,11-12H2,1-2H3,(H,21,23). The zero-order chi connectivity index (χ0) is 16.7. The third kappa shape index (κ3) is 6.12. The van der Waals surface area contributed by atoms with Gasteiger partial charge in [0.05, 0.1) is 0 Å². The zero-order valence-electron chi connectivity index (χ0n) is 13.6. The number of hydrogen-bond donors (Lipinski definition) is 1. The fourth-order valence-electron chi connectivity index (χ4n) is 2.22. The largest absolute Gasteiger partial charge is 0.326 e. The van der Waals surface area contributed by atoms with Crippen LogP contribution >= 0.6 is 15.9 Å². The van der Waals surface area contributed by atoms with Crippen molar-refractivity contribution < 1.29 is 4.79 Å². The van der Waals surface area contributed by atoms with E-state index in [2.05, 4.69) is 31.1 Å². The molecule has 0 aliphatic rings. The monoisotopic (exact) mass is 375 g/mol. The molecule has 2 aromatic rings. The van der Waals surface area contributed by atoms with Crippen molar-refractivity contribution >= 4 is 27.5 Å². The van der Waals surface area contributed by atoms with Crippen LogP contribution in [0.1, 0.15) is 17.5 Å². The van der Waals surface area contributed by atoms with Gasteiger partial charge in [-0.3, -0.25) is 9.78 Å². The lowest BCUT2D eigenvalue weighted by Crippen LogP contribution is -2.26. The van der Waals surface area contributed by atoms with Crippen molar-refractivity contribution in [2.24, 2.45) is 0 Å². The number of benzene rings is 1. The van der Waals surface area contributed by atoms with Crippen LogP contribution in [0.5, 0.6) is 0 Å². The fraction of sp³-hybridized carbons (Fsp3) is 0.333. The van der Waals surface area contributed by atoms with Crippen molar-refractivity contribution in [3.63, 3.8) is 0 Å². The lowest BCUT2D eigenvalue weighted by atomic mass is 10.2. The molecule has 0 radical (unpaired) electrons. The van der Waals surface area contributed by atoms with E-state index in [0.717, 1.165) is 35.2 Å². The molecule has 0 unspecified atom stereocenters. The van der Waals surface area contributed by atoms with Crippen LogP contribution in [0.4, 0.5) is 5.69 Å². The molecular weight excluding hydrogens is 354 g/mol. The number of rotatable bonds is 7. The Balaban J connectivity index is 1.72. The molecule has 0 fully saturated rings. The Labute approximate surface area is 146 Å². The molecule has 0 saturated carbocycles. The van der Waals surface area contributed by atoms with E-state index in [-0.39, 0.29) is 5.91 Å². The molecule has 0 aliphatic heterocycles. The first-order chi connectivity index (χ1) is 11.0. The summed E-state index contributed by atoms with van der Waals surface area (Å²) in [5.41, 5.74) is 3.22. The maximum absolute atomic E-state index is 12.0. The molecule has 0 aliphatic carbocycles. The minimum Gasteiger partial charge on any atom is -0.326 e. The normalized spacial score (nSPS) is 10.8. The van der Waals surface area contributed by atoms with E-state index in [4.69, 9.17) is 0 Å². The number of hydrogen-bond acceptors (Lipinski definition) is 3. The molecule has 5 heteroatoms. The minimum atomic E-state index is 0.0440. The van der Waals surface area contributed by atoms with Crippen molar-refractivity contribution in [1.82, 2.24) is 9.88 Å². The van der Waals surface area contributed by atoms with Gasteiger partial charge in [-0.25, -0.2) is 0 Å². The number of halogens is 1. The van der Waals surface area contributed by atoms with Gasteiger partial charge in [0, 0.05) is 42.1 Å². The SMILES string of the molecule is Cc1cc(NC(=O)CCN(C)CCc2ccncc2)ccc1Br. The highest BCUT2D eigenvalue weighted by Gasteiger charge is 2.06. The average Bonchev–Trinajstić information content (AvgIpc) is 2.55. The number of nitrogens with one attached hydrogen (secondary N) is 1. The van der Waals surface area contributed by atoms with E-state index in [9.17, 15) is 4.79 Å². The molecule has 0 bridgehead atoms. The molecule has 122 valence electrons. The first-order valence-corrected chi connectivity index (χ1v) is 8.47. The van der Waals surface area contributed by atoms with Gasteiger partial charge in [0.25, 0.3) is 0 Å². The van der Waals surface area contributed by atoms with Crippen molar-refractivity contribution in [1.29, 1.82) is 0 Å². The third-order valence-electron chi connectivity index (χ3n) is 3.69. The van der Waals surface area contributed by atoms with Gasteiger partial charge in [-0.15, -0.1) is 0 Å². The molecule has 0 atom stereocenters. The highest BCUT2D eigenvalue weighted by atomic mass is 79.9. The Bertz CT molecular complexity index is 646. The number of pyridine rings is 1. The molecule has 1 heterocycles. The summed E-state index contributed by atoms with van der Waals surface area (Å²) in [5.74, 6) is 0.0440. The summed E-state index contributed by atoms with van der Waals surface area (Å²) in [7, 11) is 2.04. The van der Waals surface area contributed by atoms with E-state index in [1.165, 1.54) is 5.56 Å². The first-order valence-electron chi connectivity index (χ1n) is 7.68. The van der Waals surface area contributed by atoms with E-state index in [1.807, 2.05) is 56.7 Å². The maximum Gasteiger partial charge on any atom is 0.225 e. The maximum atomic E-state index is 12.0. The molecule has 1 amide bonds. The van der Waals surface area contributed by atoms with Gasteiger partial charge in [0.2, 0.25) is 5.91 Å². The second-order valence-corrected chi connectivity index (χ2v) is 6.53. The molecule has 23 heavy (non-hydrogen) atoms. The van der Waals surface area contributed by atoms with Crippen LogP contribution < -0.4 is 5.32 Å². The zero-order valence-corrected chi connectivity index (χ0v) is 15.1. The highest BCUT2D eigenvalue weighted by Crippen LogP contribution is 2.20. The smallest absolute Gasteiger partial charge is 0.225 e. The first kappa shape index (κ1) is 17.6. The topological polar surface area (TPSA) is 45.2 Å². The van der Waals surface area contributed by atoms with Crippen molar-refractivity contribution in [3.05, 3.63) is 58.3 Å². The van der Waals surface area contributed by atoms with Crippen LogP contribution in [0.25, 0.3) is 0 Å². The number of aromatic nitrogens is 1. The van der Waals surface area contributed by atoms with E-state index in [1.54, 1.807) is 0 Å². The summed E-state index contributed by atoms with van der Waals surface area (Å²) < 4.78 is 1.05. The fourth-order valence-corrected chi connectivity index (χ4v) is 2.47. The third-order valence-corrected chi connectivity index (χ3v) is 4.58. The van der Waals surface area contributed by atoms with Gasteiger partial charge in [-0.05, 0) is 61.9 Å². The lowest BCUT2D eigenvalue weighted by Gasteiger charge is -2.16. The minimum absolute atomic E-state index is 0.0440. The number of anilines is 1. The van der Waals surface area contributed by atoms with Gasteiger partial charge in [-0.1, -0.05) is 15.9 Å². The Kier molecular flexibility index (Phi) is 6.74. The number of amides is 1. The number of carbonyl (C=O) groups excluding carboxylic acids is 1. The van der Waals surface area contributed by atoms with Crippen LogP contribution in [0, 0.1) is 6.92 Å². The molecule has 4 nitrogen and oxygen atoms in total. The molecule has 1 aromatic heterocycles. The van der Waals surface area contributed by atoms with Gasteiger partial charge in [0.1, 0.15) is 0 Å². The van der Waals surface area contributed by atoms with E-state index >= 15 is 0 Å². The van der Waals surface area contributed by atoms with E-state index < -0.39 is 0 Å². The van der Waals surface area contributed by atoms with Crippen LogP contribution in [0.15, 0.2) is 47.2 Å². The van der Waals surface area contributed by atoms with Crippen LogP contribution in [0.3, 0.4) is 0 Å². The van der Waals surface area contributed by atoms with Gasteiger partial charge in [0.15, 0.2) is 0 Å². The summed E-state index contributed by atoms with van der Waals surface area (Å²) in [5, 5.41) is 2.94. The van der Waals surface area contributed by atoms with Crippen molar-refractivity contribution in [3.8, 4) is 0 Å². The van der Waals surface area contributed by atoms with Gasteiger partial charge < -0.3 is 10.2 Å². The number of likely N-dealkylation sites (N-methyl/N-ethyl adjacent to an activating group) is 1. The van der Waals surface area contributed by atoms with Crippen LogP contribution in [0.2, 0.25) is 0 Å². The summed E-state index contributed by atoms with van der Waals surface area (Å²) in [6, 6.07) is 9.87. The Morgan fingerprint density at radius 1 is 1.22 bits per heavy atom. The molecule has 2 rings (SSSR count). The van der Waals surface area contributed by atoms with Crippen LogP contribution in [-0.2, 0) is 11.2 Å². The van der Waals surface area contributed by atoms with Crippen LogP contribution in [-0.4, -0.2) is 35.9 Å². The summed E-state index contributed by atoms with van der Waals surface area (Å²) in [4.78, 5) is 18.2. The predicted molar refractivity (Wildman–Crippen MR) is 97.6 cm³/mol. The number of carbonyl (C=O) groups is 1. The molecule has 0 saturated heterocycles. The van der Waals surface area contributed by atoms with Gasteiger partial charge >= 0.3 is 0 Å². The summed E-state index contributed by atoms with van der Waals surface area (Å²) in [6.45, 7) is 3.67. The predicted octanol–water partition coefficient (Wildman–Crippen LogP) is 3.66. The Hall–Kier alpha value is -1.72. The molecule has 1 aromatic carbocycles. The van der Waals surface area contributed by atoms with Gasteiger partial charge in [-0.2, -0.15) is 0 Å². The van der Waals surface area contributed by atoms with E-state index in [0.29, 0.717) is 6.42 Å². The Morgan fingerprint density at radius 3 is 2.65 bits per heavy atom. The molecular formula is C18H22BrN3O. The number of nitrogens with zero attached hydrogens (tertiary/aromatic N) is 2. The molecule has 0 spiro atoms. The lowest BCUT2D eigenvalue weighted by molar-refractivity contribution is -0.116. The van der Waals surface area contributed by atoms with Crippen molar-refractivity contribution in [2.75, 3.05) is 25.5 Å². The quantitative estimate of drug-likeness (QED) is 0.802. The second kappa shape index (κ2) is 8.79. The highest BCUT2D eigenvalue weighted by molar-refractivity contribution is 9.10. The molecule has 1 N–H and O–H groups in total. The summed E-state index contributed by atoms with van der Waals surface area (Å²) >= 11 is 3.46. The average molecular weight is 376 g/mol. The second-order valence-electron chi connectivity index (χ2n) is 5.67. The number of aryl methyl sites for hydroxylation is 1. The van der Waals surface area contributed by atoms with Crippen molar-refractivity contribution in [2.45, 2.75) is 19.8 Å². The Morgan fingerprint density at radius 2 is 1.96 bits per heavy atom. The summed E-state index contributed by atoms with van der Waals surface area (Å²) in [6.07, 6.45) is 5.07.